The molecule has 0 radical (unpaired) electrons. The normalized spacial score (nSPS) is 10.4. The van der Waals surface area contributed by atoms with E-state index in [1.54, 1.807) is 0 Å². The maximum atomic E-state index is 13.4. The van der Waals surface area contributed by atoms with Crippen LogP contribution in [0.5, 0.6) is 0 Å². The Morgan fingerprint density at radius 3 is 2.59 bits per heavy atom. The van der Waals surface area contributed by atoms with E-state index in [1.165, 1.54) is 12.1 Å². The fraction of sp³-hybridized carbons (Fsp3) is 0. The molecule has 88 valence electrons. The molecule has 0 fully saturated rings. The van der Waals surface area contributed by atoms with Crippen molar-refractivity contribution < 1.29 is 8.78 Å². The van der Waals surface area contributed by atoms with Gasteiger partial charge >= 0.3 is 0 Å². The molecule has 1 heterocycles. The molecule has 2 aromatic rings. The van der Waals surface area contributed by atoms with Gasteiger partial charge in [0.15, 0.2) is 11.6 Å². The zero-order chi connectivity index (χ0) is 12.4. The van der Waals surface area contributed by atoms with Gasteiger partial charge in [-0.25, -0.2) is 13.8 Å². The number of aromatic nitrogens is 2. The van der Waals surface area contributed by atoms with E-state index < -0.39 is 11.6 Å². The second-order valence-corrected chi connectivity index (χ2v) is 3.86. The Labute approximate surface area is 105 Å². The van der Waals surface area contributed by atoms with Crippen molar-refractivity contribution in [2.45, 2.75) is 0 Å². The number of hydrogen-bond acceptors (Lipinski definition) is 3. The average molecular weight is 276 g/mol. The lowest BCUT2D eigenvalue weighted by Crippen LogP contribution is -2.00. The standard InChI is InChI=1S/C10H5Cl2F2N3/c11-5-1-2-8(6(13)3-5)16-9-7(14)4-15-10(12)17-9/h1-4H,(H,15,16,17). The van der Waals surface area contributed by atoms with Crippen molar-refractivity contribution >= 4 is 34.7 Å². The number of anilines is 2. The highest BCUT2D eigenvalue weighted by molar-refractivity contribution is 6.30. The van der Waals surface area contributed by atoms with E-state index in [0.717, 1.165) is 12.3 Å². The van der Waals surface area contributed by atoms with Gasteiger partial charge in [-0.3, -0.25) is 0 Å². The summed E-state index contributed by atoms with van der Waals surface area (Å²) in [7, 11) is 0. The summed E-state index contributed by atoms with van der Waals surface area (Å²) in [6.07, 6.45) is 0.894. The minimum atomic E-state index is -0.733. The molecule has 7 heteroatoms. The SMILES string of the molecule is Fc1cc(Cl)ccc1Nc1nc(Cl)ncc1F. The Bertz CT molecular complexity index is 563. The first-order valence-electron chi connectivity index (χ1n) is 4.46. The summed E-state index contributed by atoms with van der Waals surface area (Å²) in [6, 6.07) is 3.94. The van der Waals surface area contributed by atoms with Crippen LogP contribution in [0.2, 0.25) is 10.3 Å². The monoisotopic (exact) mass is 275 g/mol. The van der Waals surface area contributed by atoms with Gasteiger partial charge in [-0.15, -0.1) is 0 Å². The molecular formula is C10H5Cl2F2N3. The predicted octanol–water partition coefficient (Wildman–Crippen LogP) is 3.81. The van der Waals surface area contributed by atoms with Crippen LogP contribution >= 0.6 is 23.2 Å². The fourth-order valence-corrected chi connectivity index (χ4v) is 1.44. The molecule has 3 nitrogen and oxygen atoms in total. The first-order valence-corrected chi connectivity index (χ1v) is 5.22. The highest BCUT2D eigenvalue weighted by Gasteiger charge is 2.09. The molecular weight excluding hydrogens is 271 g/mol. The van der Waals surface area contributed by atoms with E-state index in [-0.39, 0.29) is 21.8 Å². The Balaban J connectivity index is 2.34. The molecule has 17 heavy (non-hydrogen) atoms. The van der Waals surface area contributed by atoms with Gasteiger partial charge in [-0.1, -0.05) is 11.6 Å². The number of nitrogens with zero attached hydrogens (tertiary/aromatic N) is 2. The number of benzene rings is 1. The van der Waals surface area contributed by atoms with Crippen molar-refractivity contribution in [2.75, 3.05) is 5.32 Å². The van der Waals surface area contributed by atoms with E-state index in [4.69, 9.17) is 23.2 Å². The largest absolute Gasteiger partial charge is 0.335 e. The van der Waals surface area contributed by atoms with E-state index in [9.17, 15) is 8.78 Å². The average Bonchev–Trinajstić information content (AvgIpc) is 2.27. The molecule has 0 aliphatic rings. The Hall–Kier alpha value is -1.46. The van der Waals surface area contributed by atoms with Gasteiger partial charge in [0.2, 0.25) is 5.28 Å². The molecule has 1 aromatic carbocycles. The zero-order valence-corrected chi connectivity index (χ0v) is 9.73. The van der Waals surface area contributed by atoms with Crippen LogP contribution in [0.15, 0.2) is 24.4 Å². The van der Waals surface area contributed by atoms with E-state index in [0.29, 0.717) is 0 Å². The van der Waals surface area contributed by atoms with Gasteiger partial charge in [0, 0.05) is 5.02 Å². The minimum Gasteiger partial charge on any atom is -0.335 e. The first kappa shape index (κ1) is 12.0. The van der Waals surface area contributed by atoms with Gasteiger partial charge in [0.1, 0.15) is 5.82 Å². The minimum absolute atomic E-state index is 0.0445. The molecule has 0 saturated heterocycles. The van der Waals surface area contributed by atoms with Gasteiger partial charge in [0.05, 0.1) is 11.9 Å². The van der Waals surface area contributed by atoms with E-state index in [2.05, 4.69) is 15.3 Å². The molecule has 0 aliphatic carbocycles. The third kappa shape index (κ3) is 2.81. The first-order chi connectivity index (χ1) is 8.06. The molecule has 1 aromatic heterocycles. The van der Waals surface area contributed by atoms with Crippen molar-refractivity contribution in [1.29, 1.82) is 0 Å². The maximum Gasteiger partial charge on any atom is 0.224 e. The van der Waals surface area contributed by atoms with Crippen LogP contribution in [-0.2, 0) is 0 Å². The highest BCUT2D eigenvalue weighted by atomic mass is 35.5. The van der Waals surface area contributed by atoms with E-state index >= 15 is 0 Å². The highest BCUT2D eigenvalue weighted by Crippen LogP contribution is 2.23. The molecule has 0 bridgehead atoms. The van der Waals surface area contributed by atoms with Gasteiger partial charge in [-0.2, -0.15) is 4.98 Å². The summed E-state index contributed by atoms with van der Waals surface area (Å²) in [6.45, 7) is 0. The Kier molecular flexibility index (Phi) is 3.40. The molecule has 2 rings (SSSR count). The summed E-state index contributed by atoms with van der Waals surface area (Å²) in [5.74, 6) is -1.55. The molecule has 0 saturated carbocycles. The van der Waals surface area contributed by atoms with Crippen LogP contribution in [0.4, 0.5) is 20.3 Å². The van der Waals surface area contributed by atoms with Crippen LogP contribution < -0.4 is 5.32 Å². The van der Waals surface area contributed by atoms with Crippen molar-refractivity contribution in [3.63, 3.8) is 0 Å². The topological polar surface area (TPSA) is 37.8 Å². The quantitative estimate of drug-likeness (QED) is 0.847. The van der Waals surface area contributed by atoms with Crippen molar-refractivity contribution in [2.24, 2.45) is 0 Å². The third-order valence-electron chi connectivity index (χ3n) is 1.90. The second-order valence-electron chi connectivity index (χ2n) is 3.08. The lowest BCUT2D eigenvalue weighted by atomic mass is 10.3. The fourth-order valence-electron chi connectivity index (χ4n) is 1.15. The van der Waals surface area contributed by atoms with Gasteiger partial charge in [-0.05, 0) is 29.8 Å². The summed E-state index contributed by atoms with van der Waals surface area (Å²) < 4.78 is 26.7. The van der Waals surface area contributed by atoms with Crippen LogP contribution in [0, 0.1) is 11.6 Å². The maximum absolute atomic E-state index is 13.4. The zero-order valence-electron chi connectivity index (χ0n) is 8.22. The number of nitrogens with one attached hydrogen (secondary N) is 1. The molecule has 0 aliphatic heterocycles. The number of hydrogen-bond donors (Lipinski definition) is 1. The lowest BCUT2D eigenvalue weighted by molar-refractivity contribution is 0.615. The van der Waals surface area contributed by atoms with Crippen molar-refractivity contribution in [1.82, 2.24) is 9.97 Å². The van der Waals surface area contributed by atoms with Crippen molar-refractivity contribution in [3.8, 4) is 0 Å². The Morgan fingerprint density at radius 1 is 1.12 bits per heavy atom. The third-order valence-corrected chi connectivity index (χ3v) is 2.32. The van der Waals surface area contributed by atoms with Gasteiger partial charge in [0.25, 0.3) is 0 Å². The summed E-state index contributed by atoms with van der Waals surface area (Å²) in [5, 5.41) is 2.57. The molecule has 0 amide bonds. The Morgan fingerprint density at radius 2 is 1.88 bits per heavy atom. The molecule has 0 unspecified atom stereocenters. The predicted molar refractivity (Wildman–Crippen MR) is 61.7 cm³/mol. The number of halogens is 4. The molecule has 0 atom stereocenters. The van der Waals surface area contributed by atoms with E-state index in [1.807, 2.05) is 0 Å². The van der Waals surface area contributed by atoms with Gasteiger partial charge < -0.3 is 5.32 Å². The van der Waals surface area contributed by atoms with Crippen molar-refractivity contribution in [3.05, 3.63) is 46.3 Å². The molecule has 1 N–H and O–H groups in total. The van der Waals surface area contributed by atoms with Crippen LogP contribution in [0.1, 0.15) is 0 Å². The lowest BCUT2D eigenvalue weighted by Gasteiger charge is -2.07. The summed E-state index contributed by atoms with van der Waals surface area (Å²) in [5.41, 5.74) is 0.0445. The van der Waals surface area contributed by atoms with Crippen LogP contribution in [0.3, 0.4) is 0 Å². The van der Waals surface area contributed by atoms with Crippen LogP contribution in [0.25, 0.3) is 0 Å². The van der Waals surface area contributed by atoms with Crippen LogP contribution in [-0.4, -0.2) is 9.97 Å². The summed E-state index contributed by atoms with van der Waals surface area (Å²) in [4.78, 5) is 7.04. The number of rotatable bonds is 2. The molecule has 0 spiro atoms. The smallest absolute Gasteiger partial charge is 0.224 e. The second kappa shape index (κ2) is 4.81. The summed E-state index contributed by atoms with van der Waals surface area (Å²) >= 11 is 11.1.